The molecule has 0 spiro atoms. The van der Waals surface area contributed by atoms with Crippen molar-refractivity contribution in [3.8, 4) is 17.2 Å². The zero-order chi connectivity index (χ0) is 20.2. The lowest BCUT2D eigenvalue weighted by molar-refractivity contribution is -0.118. The van der Waals surface area contributed by atoms with Gasteiger partial charge in [-0.1, -0.05) is 30.3 Å². The lowest BCUT2D eigenvalue weighted by atomic mass is 10.0. The quantitative estimate of drug-likeness (QED) is 0.617. The third kappa shape index (κ3) is 4.06. The fourth-order valence-electron chi connectivity index (χ4n) is 3.19. The van der Waals surface area contributed by atoms with Crippen LogP contribution in [-0.2, 0) is 9.53 Å². The molecule has 3 aromatic carbocycles. The molecular weight excluding hydrogens is 370 g/mol. The molecule has 0 aliphatic carbocycles. The maximum atomic E-state index is 12.4. The highest BCUT2D eigenvalue weighted by Crippen LogP contribution is 2.33. The molecule has 0 fully saturated rings. The van der Waals surface area contributed by atoms with Gasteiger partial charge in [-0.25, -0.2) is 4.79 Å². The monoisotopic (exact) mass is 389 g/mol. The van der Waals surface area contributed by atoms with Crippen LogP contribution in [0.25, 0.3) is 0 Å². The van der Waals surface area contributed by atoms with E-state index < -0.39 is 12.1 Å². The highest BCUT2D eigenvalue weighted by atomic mass is 16.5. The first-order valence-corrected chi connectivity index (χ1v) is 9.15. The van der Waals surface area contributed by atoms with Gasteiger partial charge in [0, 0.05) is 11.3 Å². The van der Waals surface area contributed by atoms with E-state index in [2.05, 4.69) is 5.32 Å². The molecule has 1 aliphatic rings. The summed E-state index contributed by atoms with van der Waals surface area (Å²) in [5, 5.41) is 2.82. The molecular formula is C23H19NO5. The molecule has 4 rings (SSSR count). The molecule has 0 radical (unpaired) electrons. The van der Waals surface area contributed by atoms with Gasteiger partial charge in [-0.05, 0) is 42.5 Å². The van der Waals surface area contributed by atoms with Gasteiger partial charge in [0.2, 0.25) is 5.91 Å². The van der Waals surface area contributed by atoms with Crippen LogP contribution in [0.3, 0.4) is 0 Å². The van der Waals surface area contributed by atoms with E-state index in [0.717, 1.165) is 5.56 Å². The van der Waals surface area contributed by atoms with Crippen LogP contribution in [0.5, 0.6) is 17.2 Å². The van der Waals surface area contributed by atoms with Crippen LogP contribution < -0.4 is 14.8 Å². The standard InChI is InChI=1S/C23H19NO5/c1-27-19-8-4-5-9-20(19)28-16-12-10-15(11-13-16)24-22(25)14-21-17-6-2-3-7-18(17)23(26)29-21/h2-13,21H,14H2,1H3,(H,24,25)/t21-/m0/s1. The highest BCUT2D eigenvalue weighted by Gasteiger charge is 2.32. The number of benzene rings is 3. The molecule has 0 aromatic heterocycles. The Hall–Kier alpha value is -3.80. The van der Waals surface area contributed by atoms with Crippen molar-refractivity contribution in [2.45, 2.75) is 12.5 Å². The van der Waals surface area contributed by atoms with E-state index in [9.17, 15) is 9.59 Å². The Morgan fingerprint density at radius 1 is 0.966 bits per heavy atom. The van der Waals surface area contributed by atoms with Gasteiger partial charge >= 0.3 is 5.97 Å². The zero-order valence-electron chi connectivity index (χ0n) is 15.8. The van der Waals surface area contributed by atoms with E-state index in [1.807, 2.05) is 36.4 Å². The van der Waals surface area contributed by atoms with Gasteiger partial charge in [0.25, 0.3) is 0 Å². The summed E-state index contributed by atoms with van der Waals surface area (Å²) in [4.78, 5) is 24.3. The summed E-state index contributed by atoms with van der Waals surface area (Å²) in [6.45, 7) is 0. The summed E-state index contributed by atoms with van der Waals surface area (Å²) in [6, 6.07) is 21.5. The topological polar surface area (TPSA) is 73.9 Å². The lowest BCUT2D eigenvalue weighted by Crippen LogP contribution is -2.15. The molecule has 0 saturated heterocycles. The van der Waals surface area contributed by atoms with Gasteiger partial charge in [0.1, 0.15) is 11.9 Å². The molecule has 0 bridgehead atoms. The minimum Gasteiger partial charge on any atom is -0.493 e. The average Bonchev–Trinajstić information content (AvgIpc) is 3.05. The van der Waals surface area contributed by atoms with Crippen LogP contribution >= 0.6 is 0 Å². The third-order valence-corrected chi connectivity index (χ3v) is 4.58. The SMILES string of the molecule is COc1ccccc1Oc1ccc(NC(=O)C[C@@H]2OC(=O)c3ccccc32)cc1. The van der Waals surface area contributed by atoms with E-state index in [1.54, 1.807) is 43.5 Å². The summed E-state index contributed by atoms with van der Waals surface area (Å²) in [5.41, 5.74) is 1.89. The second-order valence-corrected chi connectivity index (χ2v) is 6.51. The van der Waals surface area contributed by atoms with Crippen molar-refractivity contribution in [1.82, 2.24) is 0 Å². The second-order valence-electron chi connectivity index (χ2n) is 6.51. The molecule has 146 valence electrons. The largest absolute Gasteiger partial charge is 0.493 e. The predicted octanol–water partition coefficient (Wildman–Crippen LogP) is 4.73. The molecule has 3 aromatic rings. The van der Waals surface area contributed by atoms with Crippen molar-refractivity contribution in [3.05, 3.63) is 83.9 Å². The number of fused-ring (bicyclic) bond motifs is 1. The van der Waals surface area contributed by atoms with Gasteiger partial charge in [-0.3, -0.25) is 4.79 Å². The maximum Gasteiger partial charge on any atom is 0.339 e. The Labute approximate surface area is 168 Å². The molecule has 1 aliphatic heterocycles. The number of esters is 1. The number of nitrogens with one attached hydrogen (secondary N) is 1. The fourth-order valence-corrected chi connectivity index (χ4v) is 3.19. The van der Waals surface area contributed by atoms with Gasteiger partial charge in [0.15, 0.2) is 11.5 Å². The number of anilines is 1. The first-order chi connectivity index (χ1) is 14.1. The van der Waals surface area contributed by atoms with E-state index in [1.165, 1.54) is 0 Å². The van der Waals surface area contributed by atoms with Crippen molar-refractivity contribution in [2.24, 2.45) is 0 Å². The molecule has 1 N–H and O–H groups in total. The van der Waals surface area contributed by atoms with E-state index >= 15 is 0 Å². The predicted molar refractivity (Wildman–Crippen MR) is 107 cm³/mol. The number of amides is 1. The summed E-state index contributed by atoms with van der Waals surface area (Å²) in [5.74, 6) is 1.23. The van der Waals surface area contributed by atoms with Gasteiger partial charge in [-0.2, -0.15) is 0 Å². The van der Waals surface area contributed by atoms with E-state index in [-0.39, 0.29) is 12.3 Å². The first kappa shape index (κ1) is 18.6. The normalized spacial score (nSPS) is 14.7. The first-order valence-electron chi connectivity index (χ1n) is 9.15. The number of carbonyl (C=O) groups excluding carboxylic acids is 2. The minimum atomic E-state index is -0.563. The van der Waals surface area contributed by atoms with Crippen LogP contribution in [0.1, 0.15) is 28.4 Å². The number of hydrogen-bond acceptors (Lipinski definition) is 5. The number of rotatable bonds is 6. The second kappa shape index (κ2) is 8.06. The summed E-state index contributed by atoms with van der Waals surface area (Å²) in [6.07, 6.45) is -0.505. The lowest BCUT2D eigenvalue weighted by Gasteiger charge is -2.12. The van der Waals surface area contributed by atoms with Crippen molar-refractivity contribution in [1.29, 1.82) is 0 Å². The Balaban J connectivity index is 1.38. The highest BCUT2D eigenvalue weighted by molar-refractivity contribution is 5.96. The Morgan fingerprint density at radius 2 is 1.66 bits per heavy atom. The molecule has 6 nitrogen and oxygen atoms in total. The molecule has 29 heavy (non-hydrogen) atoms. The smallest absolute Gasteiger partial charge is 0.339 e. The van der Waals surface area contributed by atoms with Crippen molar-refractivity contribution < 1.29 is 23.8 Å². The minimum absolute atomic E-state index is 0.0578. The summed E-state index contributed by atoms with van der Waals surface area (Å²) in [7, 11) is 1.58. The molecule has 6 heteroatoms. The molecule has 0 unspecified atom stereocenters. The molecule has 1 heterocycles. The Bertz CT molecular complexity index is 1050. The number of hydrogen-bond donors (Lipinski definition) is 1. The molecule has 1 atom stereocenters. The van der Waals surface area contributed by atoms with E-state index in [4.69, 9.17) is 14.2 Å². The van der Waals surface area contributed by atoms with Crippen molar-refractivity contribution in [2.75, 3.05) is 12.4 Å². The molecule has 0 saturated carbocycles. The van der Waals surface area contributed by atoms with Crippen LogP contribution in [0.2, 0.25) is 0 Å². The van der Waals surface area contributed by atoms with Crippen LogP contribution in [0, 0.1) is 0 Å². The van der Waals surface area contributed by atoms with Crippen molar-refractivity contribution >= 4 is 17.6 Å². The number of methoxy groups -OCH3 is 1. The summed E-state index contributed by atoms with van der Waals surface area (Å²) < 4.78 is 16.4. The summed E-state index contributed by atoms with van der Waals surface area (Å²) >= 11 is 0. The number of ether oxygens (including phenoxy) is 3. The van der Waals surface area contributed by atoms with Crippen LogP contribution in [0.4, 0.5) is 5.69 Å². The maximum absolute atomic E-state index is 12.4. The molecule has 1 amide bonds. The number of carbonyl (C=O) groups is 2. The Morgan fingerprint density at radius 3 is 2.41 bits per heavy atom. The van der Waals surface area contributed by atoms with Crippen molar-refractivity contribution in [3.63, 3.8) is 0 Å². The van der Waals surface area contributed by atoms with Crippen LogP contribution in [0.15, 0.2) is 72.8 Å². The third-order valence-electron chi connectivity index (χ3n) is 4.58. The number of cyclic esters (lactones) is 1. The van der Waals surface area contributed by atoms with Crippen LogP contribution in [-0.4, -0.2) is 19.0 Å². The van der Waals surface area contributed by atoms with Gasteiger partial charge < -0.3 is 19.5 Å². The Kier molecular flexibility index (Phi) is 5.16. The van der Waals surface area contributed by atoms with Gasteiger partial charge in [-0.15, -0.1) is 0 Å². The average molecular weight is 389 g/mol. The zero-order valence-corrected chi connectivity index (χ0v) is 15.8. The fraction of sp³-hybridized carbons (Fsp3) is 0.130. The van der Waals surface area contributed by atoms with Gasteiger partial charge in [0.05, 0.1) is 19.1 Å². The van der Waals surface area contributed by atoms with E-state index in [0.29, 0.717) is 28.5 Å². The number of para-hydroxylation sites is 2.